The maximum atomic E-state index is 14.0. The van der Waals surface area contributed by atoms with Gasteiger partial charge in [0.15, 0.2) is 0 Å². The van der Waals surface area contributed by atoms with Gasteiger partial charge in [0, 0.05) is 17.5 Å². The van der Waals surface area contributed by atoms with Crippen molar-refractivity contribution in [3.05, 3.63) is 95.7 Å². The van der Waals surface area contributed by atoms with E-state index in [1.807, 2.05) is 30.3 Å². The van der Waals surface area contributed by atoms with Crippen LogP contribution in [-0.4, -0.2) is 4.98 Å². The van der Waals surface area contributed by atoms with Crippen LogP contribution in [0.15, 0.2) is 78.9 Å². The van der Waals surface area contributed by atoms with Crippen LogP contribution in [0.5, 0.6) is 0 Å². The van der Waals surface area contributed by atoms with E-state index in [4.69, 9.17) is 5.73 Å². The van der Waals surface area contributed by atoms with Crippen LogP contribution < -0.4 is 5.73 Å². The lowest BCUT2D eigenvalue weighted by Crippen LogP contribution is -2.14. The summed E-state index contributed by atoms with van der Waals surface area (Å²) in [4.78, 5) is 3.99. The van der Waals surface area contributed by atoms with Gasteiger partial charge in [-0.15, -0.1) is 0 Å². The number of para-hydroxylation sites is 1. The van der Waals surface area contributed by atoms with Gasteiger partial charge in [0.1, 0.15) is 5.69 Å². The molecular weight excluding hydrogens is 361 g/mol. The summed E-state index contributed by atoms with van der Waals surface area (Å²) in [5.41, 5.74) is 7.99. The third-order valence-corrected chi connectivity index (χ3v) is 4.66. The number of halogens is 3. The molecule has 0 saturated carbocycles. The molecule has 0 atom stereocenters. The van der Waals surface area contributed by atoms with Gasteiger partial charge >= 0.3 is 6.18 Å². The van der Waals surface area contributed by atoms with Gasteiger partial charge in [0.2, 0.25) is 0 Å². The second kappa shape index (κ2) is 7.00. The van der Waals surface area contributed by atoms with E-state index in [-0.39, 0.29) is 12.0 Å². The Bertz CT molecular complexity index is 1140. The van der Waals surface area contributed by atoms with Crippen molar-refractivity contribution in [3.8, 4) is 11.1 Å². The van der Waals surface area contributed by atoms with Crippen LogP contribution in [0.4, 0.5) is 18.9 Å². The van der Waals surface area contributed by atoms with Crippen LogP contribution in [0, 0.1) is 0 Å². The molecule has 2 N–H and O–H groups in total. The first-order valence-corrected chi connectivity index (χ1v) is 8.82. The van der Waals surface area contributed by atoms with Crippen LogP contribution in [0.1, 0.15) is 16.8 Å². The lowest BCUT2D eigenvalue weighted by Gasteiger charge is -2.19. The molecule has 0 saturated heterocycles. The van der Waals surface area contributed by atoms with Gasteiger partial charge in [-0.2, -0.15) is 13.2 Å². The average Bonchev–Trinajstić information content (AvgIpc) is 2.67. The van der Waals surface area contributed by atoms with Crippen LogP contribution in [-0.2, 0) is 12.6 Å². The zero-order valence-electron chi connectivity index (χ0n) is 14.9. The molecule has 0 radical (unpaired) electrons. The largest absolute Gasteiger partial charge is 0.433 e. The van der Waals surface area contributed by atoms with Crippen molar-refractivity contribution in [2.45, 2.75) is 12.6 Å². The summed E-state index contributed by atoms with van der Waals surface area (Å²) in [7, 11) is 0. The van der Waals surface area contributed by atoms with E-state index in [9.17, 15) is 13.2 Å². The number of nitrogen functional groups attached to an aromatic ring is 1. The number of hydrogen-bond acceptors (Lipinski definition) is 2. The van der Waals surface area contributed by atoms with Gasteiger partial charge in [0.25, 0.3) is 0 Å². The maximum absolute atomic E-state index is 14.0. The fraction of sp³-hybridized carbons (Fsp3) is 0.0870. The van der Waals surface area contributed by atoms with E-state index >= 15 is 0 Å². The molecule has 5 heteroatoms. The monoisotopic (exact) mass is 378 g/mol. The minimum Gasteiger partial charge on any atom is -0.399 e. The number of aromatic nitrogens is 1. The van der Waals surface area contributed by atoms with E-state index in [2.05, 4.69) is 4.98 Å². The van der Waals surface area contributed by atoms with Crippen LogP contribution >= 0.6 is 0 Å². The second-order valence-electron chi connectivity index (χ2n) is 6.62. The predicted octanol–water partition coefficient (Wildman–Crippen LogP) is 6.09. The Kier molecular flexibility index (Phi) is 4.51. The van der Waals surface area contributed by atoms with Crippen molar-refractivity contribution in [2.24, 2.45) is 0 Å². The Balaban J connectivity index is 2.09. The molecule has 0 fully saturated rings. The average molecular weight is 378 g/mol. The van der Waals surface area contributed by atoms with Crippen molar-refractivity contribution in [1.82, 2.24) is 4.98 Å². The molecule has 28 heavy (non-hydrogen) atoms. The molecule has 0 amide bonds. The molecule has 4 rings (SSSR count). The molecule has 140 valence electrons. The third kappa shape index (κ3) is 3.43. The number of benzene rings is 3. The van der Waals surface area contributed by atoms with Gasteiger partial charge < -0.3 is 5.73 Å². The van der Waals surface area contributed by atoms with Gasteiger partial charge in [-0.3, -0.25) is 0 Å². The van der Waals surface area contributed by atoms with Gasteiger partial charge in [-0.1, -0.05) is 60.7 Å². The molecule has 2 nitrogen and oxygen atoms in total. The molecule has 4 aromatic rings. The topological polar surface area (TPSA) is 38.9 Å². The Morgan fingerprint density at radius 1 is 0.821 bits per heavy atom. The Labute approximate surface area is 160 Å². The van der Waals surface area contributed by atoms with Crippen molar-refractivity contribution in [2.75, 3.05) is 5.73 Å². The summed E-state index contributed by atoms with van der Waals surface area (Å²) < 4.78 is 41.9. The van der Waals surface area contributed by atoms with Gasteiger partial charge in [0.05, 0.1) is 5.52 Å². The summed E-state index contributed by atoms with van der Waals surface area (Å²) in [6, 6.07) is 23.0. The van der Waals surface area contributed by atoms with Gasteiger partial charge in [-0.25, -0.2) is 4.98 Å². The number of pyridine rings is 1. The Hall–Kier alpha value is -3.34. The maximum Gasteiger partial charge on any atom is 0.433 e. The number of rotatable bonds is 3. The highest BCUT2D eigenvalue weighted by Gasteiger charge is 2.37. The summed E-state index contributed by atoms with van der Waals surface area (Å²) >= 11 is 0. The highest BCUT2D eigenvalue weighted by Crippen LogP contribution is 2.40. The van der Waals surface area contributed by atoms with Crippen molar-refractivity contribution < 1.29 is 13.2 Å². The SMILES string of the molecule is Nc1cccc(-c2c(Cc3ccccc3)c(C(F)(F)F)nc3ccccc23)c1. The standard InChI is InChI=1S/C23H17F3N2/c24-23(25,26)22-19(13-15-7-2-1-3-8-15)21(16-9-6-10-17(27)14-16)18-11-4-5-12-20(18)28-22/h1-12,14H,13,27H2. The number of hydrogen-bond donors (Lipinski definition) is 1. The summed E-state index contributed by atoms with van der Waals surface area (Å²) in [6.45, 7) is 0. The molecular formula is C23H17F3N2. The third-order valence-electron chi connectivity index (χ3n) is 4.66. The Morgan fingerprint density at radius 2 is 1.54 bits per heavy atom. The zero-order valence-corrected chi connectivity index (χ0v) is 14.9. The molecule has 1 heterocycles. The van der Waals surface area contributed by atoms with Crippen molar-refractivity contribution in [1.29, 1.82) is 0 Å². The second-order valence-corrected chi connectivity index (χ2v) is 6.62. The molecule has 0 aliphatic rings. The van der Waals surface area contributed by atoms with Crippen molar-refractivity contribution >= 4 is 16.6 Å². The van der Waals surface area contributed by atoms with Crippen LogP contribution in [0.25, 0.3) is 22.0 Å². The quantitative estimate of drug-likeness (QED) is 0.438. The Morgan fingerprint density at radius 3 is 2.25 bits per heavy atom. The fourth-order valence-electron chi connectivity index (χ4n) is 3.48. The highest BCUT2D eigenvalue weighted by molar-refractivity contribution is 5.97. The molecule has 0 spiro atoms. The molecule has 1 aromatic heterocycles. The molecule has 0 bridgehead atoms. The van der Waals surface area contributed by atoms with E-state index < -0.39 is 11.9 Å². The zero-order chi connectivity index (χ0) is 19.7. The summed E-state index contributed by atoms with van der Waals surface area (Å²) in [6.07, 6.45) is -4.44. The lowest BCUT2D eigenvalue weighted by atomic mass is 9.90. The minimum absolute atomic E-state index is 0.123. The van der Waals surface area contributed by atoms with Crippen LogP contribution in [0.2, 0.25) is 0 Å². The van der Waals surface area contributed by atoms with E-state index in [0.717, 1.165) is 5.56 Å². The highest BCUT2D eigenvalue weighted by atomic mass is 19.4. The lowest BCUT2D eigenvalue weighted by molar-refractivity contribution is -0.141. The number of nitrogens with zero attached hydrogens (tertiary/aromatic N) is 1. The number of nitrogens with two attached hydrogens (primary N) is 1. The molecule has 0 aliphatic heterocycles. The number of alkyl halides is 3. The van der Waals surface area contributed by atoms with Crippen molar-refractivity contribution in [3.63, 3.8) is 0 Å². The van der Waals surface area contributed by atoms with E-state index in [1.54, 1.807) is 48.5 Å². The first-order valence-electron chi connectivity index (χ1n) is 8.82. The van der Waals surface area contributed by atoms with E-state index in [0.29, 0.717) is 27.7 Å². The normalized spacial score (nSPS) is 11.7. The summed E-state index contributed by atoms with van der Waals surface area (Å²) in [5, 5.41) is 0.673. The molecule has 0 aliphatic carbocycles. The summed E-state index contributed by atoms with van der Waals surface area (Å²) in [5.74, 6) is 0. The molecule has 3 aromatic carbocycles. The number of fused-ring (bicyclic) bond motifs is 1. The predicted molar refractivity (Wildman–Crippen MR) is 106 cm³/mol. The first-order chi connectivity index (χ1) is 13.4. The first kappa shape index (κ1) is 18.0. The van der Waals surface area contributed by atoms with Gasteiger partial charge in [-0.05, 0) is 40.5 Å². The number of anilines is 1. The van der Waals surface area contributed by atoms with E-state index in [1.165, 1.54) is 0 Å². The minimum atomic E-state index is -4.57. The molecule has 0 unspecified atom stereocenters. The fourth-order valence-corrected chi connectivity index (χ4v) is 3.48. The van der Waals surface area contributed by atoms with Crippen LogP contribution in [0.3, 0.4) is 0 Å². The smallest absolute Gasteiger partial charge is 0.399 e.